The van der Waals surface area contributed by atoms with Crippen LogP contribution in [0.3, 0.4) is 0 Å². The second-order valence-electron chi connectivity index (χ2n) is 7.33. The number of rotatable bonds is 8. The highest BCUT2D eigenvalue weighted by atomic mass is 16.1. The van der Waals surface area contributed by atoms with Gasteiger partial charge in [0.15, 0.2) is 0 Å². The van der Waals surface area contributed by atoms with Crippen molar-refractivity contribution in [1.29, 1.82) is 0 Å². The minimum Gasteiger partial charge on any atom is -0.285 e. The van der Waals surface area contributed by atoms with E-state index in [0.29, 0.717) is 11.4 Å². The van der Waals surface area contributed by atoms with Gasteiger partial charge in [-0.05, 0) is 61.1 Å². The van der Waals surface area contributed by atoms with E-state index >= 15 is 0 Å². The Hall–Kier alpha value is -3.59. The van der Waals surface area contributed by atoms with Gasteiger partial charge in [-0.15, -0.1) is 0 Å². The number of aromatic nitrogens is 2. The van der Waals surface area contributed by atoms with Gasteiger partial charge >= 0.3 is 0 Å². The van der Waals surface area contributed by atoms with Crippen LogP contribution in [0, 0.1) is 0 Å². The molecule has 0 spiro atoms. The molecule has 0 unspecified atom stereocenters. The zero-order valence-corrected chi connectivity index (χ0v) is 16.9. The largest absolute Gasteiger partial charge is 0.285 e. The Morgan fingerprint density at radius 3 is 1.37 bits per heavy atom. The smallest absolute Gasteiger partial charge is 0.229 e. The van der Waals surface area contributed by atoms with Crippen molar-refractivity contribution in [1.82, 2.24) is 9.97 Å². The van der Waals surface area contributed by atoms with Crippen LogP contribution in [0.4, 0.5) is 0 Å². The molecule has 0 radical (unpaired) electrons. The van der Waals surface area contributed by atoms with Gasteiger partial charge in [-0.1, -0.05) is 72.8 Å². The molecule has 0 fully saturated rings. The average Bonchev–Trinajstić information content (AvgIpc) is 2.83. The van der Waals surface area contributed by atoms with Gasteiger partial charge in [0, 0.05) is 11.4 Å². The first-order valence-corrected chi connectivity index (χ1v) is 10.3. The Kier molecular flexibility index (Phi) is 6.41. The SMILES string of the molecule is O=C(c1cccc(CCc2ccccc2)n1)c1cccc(CCc2ccccc2)n1. The number of hydrogen-bond donors (Lipinski definition) is 0. The molecular formula is C27H24N2O. The fourth-order valence-electron chi connectivity index (χ4n) is 3.46. The number of hydrogen-bond acceptors (Lipinski definition) is 3. The Morgan fingerprint density at radius 1 is 0.500 bits per heavy atom. The molecule has 0 bridgehead atoms. The molecule has 0 amide bonds. The third kappa shape index (κ3) is 5.26. The van der Waals surface area contributed by atoms with Crippen LogP contribution in [0.1, 0.15) is 38.7 Å². The average molecular weight is 393 g/mol. The van der Waals surface area contributed by atoms with E-state index in [-0.39, 0.29) is 5.78 Å². The van der Waals surface area contributed by atoms with E-state index in [0.717, 1.165) is 37.1 Å². The Morgan fingerprint density at radius 2 is 0.933 bits per heavy atom. The van der Waals surface area contributed by atoms with Crippen molar-refractivity contribution in [3.05, 3.63) is 131 Å². The van der Waals surface area contributed by atoms with Gasteiger partial charge in [0.2, 0.25) is 5.78 Å². The molecule has 3 nitrogen and oxygen atoms in total. The molecule has 0 aliphatic rings. The summed E-state index contributed by atoms with van der Waals surface area (Å²) in [5, 5.41) is 0. The van der Waals surface area contributed by atoms with Crippen LogP contribution in [0.15, 0.2) is 97.1 Å². The quantitative estimate of drug-likeness (QED) is 0.383. The van der Waals surface area contributed by atoms with Crippen molar-refractivity contribution in [3.63, 3.8) is 0 Å². The van der Waals surface area contributed by atoms with Crippen LogP contribution in [-0.2, 0) is 25.7 Å². The highest BCUT2D eigenvalue weighted by Crippen LogP contribution is 2.12. The van der Waals surface area contributed by atoms with Gasteiger partial charge in [-0.2, -0.15) is 0 Å². The second-order valence-corrected chi connectivity index (χ2v) is 7.33. The fraction of sp³-hybridized carbons (Fsp3) is 0.148. The van der Waals surface area contributed by atoms with E-state index < -0.39 is 0 Å². The van der Waals surface area contributed by atoms with Gasteiger partial charge < -0.3 is 0 Å². The summed E-state index contributed by atoms with van der Waals surface area (Å²) in [5.41, 5.74) is 5.28. The van der Waals surface area contributed by atoms with Crippen LogP contribution >= 0.6 is 0 Å². The van der Waals surface area contributed by atoms with Gasteiger partial charge in [-0.3, -0.25) is 4.79 Å². The maximum atomic E-state index is 13.0. The summed E-state index contributed by atoms with van der Waals surface area (Å²) in [6, 6.07) is 31.9. The van der Waals surface area contributed by atoms with Crippen LogP contribution in [0.2, 0.25) is 0 Å². The molecule has 3 heteroatoms. The minimum atomic E-state index is -0.127. The molecule has 2 aromatic carbocycles. The van der Waals surface area contributed by atoms with Crippen molar-refractivity contribution in [2.24, 2.45) is 0 Å². The monoisotopic (exact) mass is 392 g/mol. The molecule has 2 aromatic heterocycles. The van der Waals surface area contributed by atoms with E-state index in [1.54, 1.807) is 12.1 Å². The van der Waals surface area contributed by atoms with E-state index in [9.17, 15) is 4.79 Å². The van der Waals surface area contributed by atoms with Gasteiger partial charge in [0.1, 0.15) is 11.4 Å². The lowest BCUT2D eigenvalue weighted by molar-refractivity contribution is 0.102. The van der Waals surface area contributed by atoms with E-state index in [1.807, 2.05) is 60.7 Å². The van der Waals surface area contributed by atoms with Crippen molar-refractivity contribution in [3.8, 4) is 0 Å². The summed E-state index contributed by atoms with van der Waals surface area (Å²) in [6.45, 7) is 0. The summed E-state index contributed by atoms with van der Waals surface area (Å²) >= 11 is 0. The van der Waals surface area contributed by atoms with Crippen LogP contribution in [0.25, 0.3) is 0 Å². The Bertz CT molecular complexity index is 1020. The van der Waals surface area contributed by atoms with Gasteiger partial charge in [0.25, 0.3) is 0 Å². The molecule has 0 aliphatic heterocycles. The van der Waals surface area contributed by atoms with Crippen LogP contribution in [-0.4, -0.2) is 15.8 Å². The normalized spacial score (nSPS) is 10.7. The predicted octanol–water partition coefficient (Wildman–Crippen LogP) is 5.28. The molecule has 0 N–H and O–H groups in total. The number of benzene rings is 2. The zero-order chi connectivity index (χ0) is 20.6. The lowest BCUT2D eigenvalue weighted by Gasteiger charge is -2.06. The predicted molar refractivity (Wildman–Crippen MR) is 120 cm³/mol. The maximum Gasteiger partial charge on any atom is 0.229 e. The number of carbonyl (C=O) groups excluding carboxylic acids is 1. The number of aryl methyl sites for hydroxylation is 4. The molecule has 4 rings (SSSR count). The second kappa shape index (κ2) is 9.75. The lowest BCUT2D eigenvalue weighted by Crippen LogP contribution is -2.09. The number of nitrogens with zero attached hydrogens (tertiary/aromatic N) is 2. The molecule has 30 heavy (non-hydrogen) atoms. The topological polar surface area (TPSA) is 42.9 Å². The van der Waals surface area contributed by atoms with Crippen LogP contribution < -0.4 is 0 Å². The summed E-state index contributed by atoms with van der Waals surface area (Å²) < 4.78 is 0. The van der Waals surface area contributed by atoms with Gasteiger partial charge in [-0.25, -0.2) is 9.97 Å². The van der Waals surface area contributed by atoms with E-state index in [2.05, 4.69) is 34.2 Å². The van der Waals surface area contributed by atoms with E-state index in [4.69, 9.17) is 0 Å². The van der Waals surface area contributed by atoms with Crippen LogP contribution in [0.5, 0.6) is 0 Å². The molecule has 2 heterocycles. The summed E-state index contributed by atoms with van der Waals surface area (Å²) in [5.74, 6) is -0.127. The maximum absolute atomic E-state index is 13.0. The Labute approximate surface area is 177 Å². The molecular weight excluding hydrogens is 368 g/mol. The van der Waals surface area contributed by atoms with Gasteiger partial charge in [0.05, 0.1) is 0 Å². The highest BCUT2D eigenvalue weighted by Gasteiger charge is 2.13. The molecule has 0 atom stereocenters. The molecule has 4 aromatic rings. The lowest BCUT2D eigenvalue weighted by atomic mass is 10.1. The van der Waals surface area contributed by atoms with Crippen molar-refractivity contribution < 1.29 is 4.79 Å². The third-order valence-corrected chi connectivity index (χ3v) is 5.10. The zero-order valence-electron chi connectivity index (χ0n) is 16.9. The number of ketones is 1. The van der Waals surface area contributed by atoms with Crippen molar-refractivity contribution in [2.75, 3.05) is 0 Å². The van der Waals surface area contributed by atoms with E-state index in [1.165, 1.54) is 11.1 Å². The first-order chi connectivity index (χ1) is 14.8. The van der Waals surface area contributed by atoms with Crippen molar-refractivity contribution >= 4 is 5.78 Å². The summed E-state index contributed by atoms with van der Waals surface area (Å²) in [6.07, 6.45) is 3.41. The summed E-state index contributed by atoms with van der Waals surface area (Å²) in [7, 11) is 0. The Balaban J connectivity index is 1.43. The number of pyridine rings is 2. The van der Waals surface area contributed by atoms with Crippen molar-refractivity contribution in [2.45, 2.75) is 25.7 Å². The standard InChI is InChI=1S/C27H24N2O/c30-27(25-15-7-13-23(28-25)19-17-21-9-3-1-4-10-21)26-16-8-14-24(29-26)20-18-22-11-5-2-6-12-22/h1-16H,17-20H2. The molecule has 148 valence electrons. The fourth-order valence-corrected chi connectivity index (χ4v) is 3.46. The highest BCUT2D eigenvalue weighted by molar-refractivity contribution is 6.06. The molecule has 0 saturated carbocycles. The first-order valence-electron chi connectivity index (χ1n) is 10.3. The third-order valence-electron chi connectivity index (χ3n) is 5.10. The molecule has 0 saturated heterocycles. The molecule has 0 aliphatic carbocycles. The summed E-state index contributed by atoms with van der Waals surface area (Å²) in [4.78, 5) is 22.2. The number of carbonyl (C=O) groups is 1. The minimum absolute atomic E-state index is 0.127. The first kappa shape index (κ1) is 19.7.